The van der Waals surface area contributed by atoms with E-state index in [1.165, 1.54) is 18.2 Å². The summed E-state index contributed by atoms with van der Waals surface area (Å²) in [6, 6.07) is 20.8. The summed E-state index contributed by atoms with van der Waals surface area (Å²) in [5.74, 6) is -4.16. The van der Waals surface area contributed by atoms with Crippen LogP contribution in [0, 0.1) is 22.0 Å². The fraction of sp³-hybridized carbons (Fsp3) is 0.214. The van der Waals surface area contributed by atoms with Crippen LogP contribution in [0.4, 0.5) is 5.69 Å². The number of hydrogen-bond donors (Lipinski definition) is 0. The van der Waals surface area contributed by atoms with Gasteiger partial charge in [0.1, 0.15) is 6.54 Å². The lowest BCUT2D eigenvalue weighted by molar-refractivity contribution is -0.384. The van der Waals surface area contributed by atoms with E-state index in [1.54, 1.807) is 0 Å². The van der Waals surface area contributed by atoms with Gasteiger partial charge in [-0.05, 0) is 22.3 Å². The number of nitrogens with zero attached hydrogens (tertiary/aromatic N) is 2. The number of likely N-dealkylation sites (tertiary alicyclic amines) is 1. The lowest BCUT2D eigenvalue weighted by Crippen LogP contribution is -2.41. The quantitative estimate of drug-likeness (QED) is 0.169. The number of Topliss-reactive ketones (excluding diaryl/α,β-unsaturated/α-hetero) is 1. The zero-order chi connectivity index (χ0) is 25.8. The Labute approximate surface area is 210 Å². The molecule has 2 unspecified atom stereocenters. The van der Waals surface area contributed by atoms with Gasteiger partial charge in [-0.3, -0.25) is 34.2 Å². The zero-order valence-corrected chi connectivity index (χ0v) is 19.4. The smallest absolute Gasteiger partial charge is 0.326 e. The maximum absolute atomic E-state index is 13.5. The first-order chi connectivity index (χ1) is 17.9. The number of ether oxygens (including phenoxy) is 1. The van der Waals surface area contributed by atoms with Gasteiger partial charge in [-0.25, -0.2) is 0 Å². The Hall–Kier alpha value is -4.66. The number of non-ortho nitro benzene ring substituents is 1. The largest absolute Gasteiger partial charge is 0.456 e. The average molecular weight is 496 g/mol. The first-order valence-corrected chi connectivity index (χ1v) is 11.8. The number of imide groups is 1. The number of nitro benzene ring substituents is 1. The fourth-order valence-corrected chi connectivity index (χ4v) is 6.09. The number of carbonyl (C=O) groups excluding carboxylic acids is 4. The molecule has 9 nitrogen and oxygen atoms in total. The maximum Gasteiger partial charge on any atom is 0.326 e. The SMILES string of the molecule is O=C(CN1C(=O)C2C3c4ccccc4C(c4ccccc43)C2C1=O)OCC(=O)c1cccc([N+](=O)[O-])c1. The fourth-order valence-electron chi connectivity index (χ4n) is 6.09. The van der Waals surface area contributed by atoms with Crippen LogP contribution < -0.4 is 0 Å². The molecule has 3 aliphatic carbocycles. The molecule has 2 amide bonds. The third-order valence-electron chi connectivity index (χ3n) is 7.57. The lowest BCUT2D eigenvalue weighted by Gasteiger charge is -2.45. The summed E-state index contributed by atoms with van der Waals surface area (Å²) in [7, 11) is 0. The van der Waals surface area contributed by atoms with Crippen molar-refractivity contribution in [1.29, 1.82) is 0 Å². The van der Waals surface area contributed by atoms with Crippen LogP contribution in [0.1, 0.15) is 44.4 Å². The summed E-state index contributed by atoms with van der Waals surface area (Å²) in [5, 5.41) is 10.9. The molecule has 184 valence electrons. The highest BCUT2D eigenvalue weighted by molar-refractivity contribution is 6.09. The van der Waals surface area contributed by atoms with Crippen molar-refractivity contribution < 1.29 is 28.8 Å². The molecule has 0 aromatic heterocycles. The predicted molar refractivity (Wildman–Crippen MR) is 129 cm³/mol. The van der Waals surface area contributed by atoms with Gasteiger partial charge in [0, 0.05) is 29.5 Å². The second kappa shape index (κ2) is 8.48. The van der Waals surface area contributed by atoms with E-state index in [-0.39, 0.29) is 23.1 Å². The monoisotopic (exact) mass is 496 g/mol. The van der Waals surface area contributed by atoms with Crippen LogP contribution in [-0.2, 0) is 19.1 Å². The normalized spacial score (nSPS) is 22.8. The molecule has 0 spiro atoms. The first kappa shape index (κ1) is 22.8. The summed E-state index contributed by atoms with van der Waals surface area (Å²) in [6.45, 7) is -1.26. The molecule has 4 aliphatic rings. The molecule has 0 radical (unpaired) electrons. The minimum absolute atomic E-state index is 0.0217. The van der Waals surface area contributed by atoms with Crippen LogP contribution in [0.15, 0.2) is 72.8 Å². The molecular weight excluding hydrogens is 476 g/mol. The molecule has 0 N–H and O–H groups in total. The molecule has 2 atom stereocenters. The third kappa shape index (κ3) is 3.46. The Morgan fingerprint density at radius 2 is 1.32 bits per heavy atom. The summed E-state index contributed by atoms with van der Waals surface area (Å²) in [5.41, 5.74) is 3.88. The number of amides is 2. The topological polar surface area (TPSA) is 124 Å². The Morgan fingerprint density at radius 3 is 1.81 bits per heavy atom. The molecule has 7 rings (SSSR count). The Kier molecular flexibility index (Phi) is 5.22. The van der Waals surface area contributed by atoms with Crippen molar-refractivity contribution in [3.8, 4) is 0 Å². The predicted octanol–water partition coefficient (Wildman–Crippen LogP) is 3.21. The van der Waals surface area contributed by atoms with Crippen molar-refractivity contribution in [2.24, 2.45) is 11.8 Å². The minimum Gasteiger partial charge on any atom is -0.456 e. The van der Waals surface area contributed by atoms with Crippen molar-refractivity contribution in [2.75, 3.05) is 13.2 Å². The van der Waals surface area contributed by atoms with Gasteiger partial charge < -0.3 is 4.74 Å². The summed E-state index contributed by atoms with van der Waals surface area (Å²) in [4.78, 5) is 63.3. The van der Waals surface area contributed by atoms with Gasteiger partial charge in [0.15, 0.2) is 6.61 Å². The number of carbonyl (C=O) groups is 4. The molecule has 1 heterocycles. The van der Waals surface area contributed by atoms with Gasteiger partial charge in [0.05, 0.1) is 16.8 Å². The highest BCUT2D eigenvalue weighted by Crippen LogP contribution is 2.60. The number of benzene rings is 3. The van der Waals surface area contributed by atoms with Crippen LogP contribution in [0.3, 0.4) is 0 Å². The molecule has 37 heavy (non-hydrogen) atoms. The summed E-state index contributed by atoms with van der Waals surface area (Å²) >= 11 is 0. The van der Waals surface area contributed by atoms with Gasteiger partial charge in [-0.2, -0.15) is 0 Å². The second-order valence-electron chi connectivity index (χ2n) is 9.42. The highest BCUT2D eigenvalue weighted by atomic mass is 16.6. The van der Waals surface area contributed by atoms with Crippen molar-refractivity contribution in [1.82, 2.24) is 4.90 Å². The standard InChI is InChI=1S/C28H20N2O7/c31-21(15-6-5-7-16(12-15)30(35)36)14-37-22(32)13-29-27(33)25-23-17-8-1-2-9-18(17)24(26(25)28(29)34)20-11-4-3-10-19(20)23/h1-12,23-26H,13-14H2. The summed E-state index contributed by atoms with van der Waals surface area (Å²) < 4.78 is 5.06. The molecule has 3 aromatic rings. The Bertz CT molecular complexity index is 1400. The van der Waals surface area contributed by atoms with Crippen LogP contribution in [0.5, 0.6) is 0 Å². The third-order valence-corrected chi connectivity index (χ3v) is 7.57. The number of ketones is 1. The van der Waals surface area contributed by atoms with E-state index in [9.17, 15) is 29.3 Å². The molecule has 0 saturated carbocycles. The van der Waals surface area contributed by atoms with Crippen molar-refractivity contribution in [3.63, 3.8) is 0 Å². The molecule has 3 aromatic carbocycles. The Morgan fingerprint density at radius 1 is 0.811 bits per heavy atom. The lowest BCUT2D eigenvalue weighted by atomic mass is 9.55. The average Bonchev–Trinajstić information content (AvgIpc) is 3.17. The number of esters is 1. The number of nitro groups is 1. The van der Waals surface area contributed by atoms with Crippen LogP contribution >= 0.6 is 0 Å². The van der Waals surface area contributed by atoms with E-state index in [0.717, 1.165) is 33.2 Å². The van der Waals surface area contributed by atoms with Gasteiger partial charge in [-0.1, -0.05) is 60.7 Å². The Balaban J connectivity index is 1.21. The van der Waals surface area contributed by atoms with Crippen LogP contribution in [-0.4, -0.2) is 46.5 Å². The number of hydrogen-bond acceptors (Lipinski definition) is 7. The summed E-state index contributed by atoms with van der Waals surface area (Å²) in [6.07, 6.45) is 0. The van der Waals surface area contributed by atoms with E-state index in [0.29, 0.717) is 0 Å². The minimum atomic E-state index is -0.901. The van der Waals surface area contributed by atoms with E-state index >= 15 is 0 Å². The molecule has 2 bridgehead atoms. The van der Waals surface area contributed by atoms with Crippen molar-refractivity contribution in [3.05, 3.63) is 111 Å². The van der Waals surface area contributed by atoms with Gasteiger partial charge in [-0.15, -0.1) is 0 Å². The molecule has 1 saturated heterocycles. The number of rotatable bonds is 6. The van der Waals surface area contributed by atoms with Gasteiger partial charge >= 0.3 is 5.97 Å². The molecular formula is C28H20N2O7. The highest BCUT2D eigenvalue weighted by Gasteiger charge is 2.61. The van der Waals surface area contributed by atoms with Gasteiger partial charge in [0.25, 0.3) is 5.69 Å². The van der Waals surface area contributed by atoms with E-state index in [2.05, 4.69) is 0 Å². The maximum atomic E-state index is 13.5. The molecule has 1 aliphatic heterocycles. The van der Waals surface area contributed by atoms with Crippen LogP contribution in [0.25, 0.3) is 0 Å². The van der Waals surface area contributed by atoms with Gasteiger partial charge in [0.2, 0.25) is 17.6 Å². The van der Waals surface area contributed by atoms with Crippen LogP contribution in [0.2, 0.25) is 0 Å². The van der Waals surface area contributed by atoms with E-state index < -0.39 is 53.5 Å². The zero-order valence-electron chi connectivity index (χ0n) is 19.4. The second-order valence-corrected chi connectivity index (χ2v) is 9.42. The molecule has 9 heteroatoms. The van der Waals surface area contributed by atoms with Crippen molar-refractivity contribution in [2.45, 2.75) is 11.8 Å². The van der Waals surface area contributed by atoms with Crippen molar-refractivity contribution >= 4 is 29.3 Å². The first-order valence-electron chi connectivity index (χ1n) is 11.8. The molecule has 1 fully saturated rings. The van der Waals surface area contributed by atoms with E-state index in [4.69, 9.17) is 4.74 Å². The van der Waals surface area contributed by atoms with E-state index in [1.807, 2.05) is 48.5 Å².